The van der Waals surface area contributed by atoms with Gasteiger partial charge < -0.3 is 9.08 Å². The number of amides is 1. The molecular weight excluding hydrogens is 386 g/mol. The van der Waals surface area contributed by atoms with Crippen LogP contribution in [0.5, 0.6) is 5.75 Å². The molecule has 0 heterocycles. The van der Waals surface area contributed by atoms with Crippen molar-refractivity contribution in [2.24, 2.45) is 5.92 Å². The second-order valence-corrected chi connectivity index (χ2v) is 8.93. The molecule has 0 radical (unpaired) electrons. The fourth-order valence-corrected chi connectivity index (χ4v) is 3.73. The van der Waals surface area contributed by atoms with Crippen LogP contribution in [-0.2, 0) is 28.0 Å². The van der Waals surface area contributed by atoms with Crippen LogP contribution in [0.15, 0.2) is 54.6 Å². The van der Waals surface area contributed by atoms with Gasteiger partial charge in [-0.1, -0.05) is 69.2 Å². The lowest BCUT2D eigenvalue weighted by Crippen LogP contribution is -2.35. The van der Waals surface area contributed by atoms with Crippen LogP contribution in [0.3, 0.4) is 0 Å². The predicted octanol–water partition coefficient (Wildman–Crippen LogP) is 4.77. The van der Waals surface area contributed by atoms with Crippen LogP contribution in [-0.4, -0.2) is 25.5 Å². The molecule has 0 spiro atoms. The first-order chi connectivity index (χ1) is 13.8. The topological polar surface area (TPSA) is 63.7 Å². The Balaban J connectivity index is 2.19. The Morgan fingerprint density at radius 2 is 1.55 bits per heavy atom. The molecule has 29 heavy (non-hydrogen) atoms. The number of benzene rings is 2. The van der Waals surface area contributed by atoms with E-state index in [1.807, 2.05) is 35.2 Å². The largest absolute Gasteiger partial charge is 0.383 e. The minimum absolute atomic E-state index is 0.0199. The first-order valence-electron chi connectivity index (χ1n) is 10.1. The molecule has 0 bridgehead atoms. The molecule has 1 atom stereocenters. The molecule has 2 rings (SSSR count). The van der Waals surface area contributed by atoms with Gasteiger partial charge in [0.25, 0.3) is 0 Å². The lowest BCUT2D eigenvalue weighted by Gasteiger charge is -2.27. The van der Waals surface area contributed by atoms with E-state index in [0.717, 1.165) is 43.1 Å². The second kappa shape index (κ2) is 11.0. The van der Waals surface area contributed by atoms with Crippen LogP contribution in [0.25, 0.3) is 0 Å². The highest BCUT2D eigenvalue weighted by Gasteiger charge is 2.23. The van der Waals surface area contributed by atoms with Crippen molar-refractivity contribution < 1.29 is 17.4 Å². The van der Waals surface area contributed by atoms with Crippen molar-refractivity contribution in [1.82, 2.24) is 4.90 Å². The Morgan fingerprint density at radius 1 is 0.966 bits per heavy atom. The number of nitrogens with zero attached hydrogens (tertiary/aromatic N) is 1. The van der Waals surface area contributed by atoms with E-state index in [0.29, 0.717) is 13.1 Å². The number of carbonyl (C=O) groups is 1. The molecule has 0 aliphatic heterocycles. The van der Waals surface area contributed by atoms with Crippen molar-refractivity contribution in [3.63, 3.8) is 0 Å². The van der Waals surface area contributed by atoms with Gasteiger partial charge in [-0.05, 0) is 36.1 Å². The monoisotopic (exact) mass is 417 g/mol. The summed E-state index contributed by atoms with van der Waals surface area (Å²) >= 11 is 0. The van der Waals surface area contributed by atoms with Gasteiger partial charge in [0.15, 0.2) is 0 Å². The average Bonchev–Trinajstić information content (AvgIpc) is 2.69. The molecule has 1 amide bonds. The summed E-state index contributed by atoms with van der Waals surface area (Å²) in [5.41, 5.74) is 2.02. The highest BCUT2D eigenvalue weighted by molar-refractivity contribution is 7.86. The predicted molar refractivity (Wildman–Crippen MR) is 116 cm³/mol. The number of hydrogen-bond acceptors (Lipinski definition) is 4. The van der Waals surface area contributed by atoms with Crippen molar-refractivity contribution in [2.75, 3.05) is 6.26 Å². The van der Waals surface area contributed by atoms with Gasteiger partial charge in [-0.25, -0.2) is 0 Å². The zero-order valence-corrected chi connectivity index (χ0v) is 18.3. The summed E-state index contributed by atoms with van der Waals surface area (Å²) in [6.45, 7) is 5.22. The summed E-state index contributed by atoms with van der Waals surface area (Å²) in [5.74, 6) is 0.458. The van der Waals surface area contributed by atoms with Crippen molar-refractivity contribution in [3.05, 3.63) is 65.7 Å². The number of unbranched alkanes of at least 4 members (excludes halogenated alkanes) is 1. The molecule has 0 saturated carbocycles. The normalized spacial score (nSPS) is 12.4. The van der Waals surface area contributed by atoms with E-state index in [9.17, 15) is 13.2 Å². The smallest absolute Gasteiger partial charge is 0.306 e. The van der Waals surface area contributed by atoms with Crippen LogP contribution in [0.4, 0.5) is 0 Å². The molecular formula is C23H31NO4S. The first-order valence-corrected chi connectivity index (χ1v) is 11.9. The zero-order valence-electron chi connectivity index (χ0n) is 17.5. The van der Waals surface area contributed by atoms with Crippen LogP contribution >= 0.6 is 0 Å². The number of hydrogen-bond donors (Lipinski definition) is 0. The van der Waals surface area contributed by atoms with E-state index >= 15 is 0 Å². The highest BCUT2D eigenvalue weighted by atomic mass is 32.2. The molecule has 2 aromatic rings. The number of carbonyl (C=O) groups excluding carboxylic acids is 1. The highest BCUT2D eigenvalue weighted by Crippen LogP contribution is 2.21. The Morgan fingerprint density at radius 3 is 2.07 bits per heavy atom. The summed E-state index contributed by atoms with van der Waals surface area (Å²) in [6.07, 6.45) is 4.86. The number of rotatable bonds is 11. The molecule has 0 saturated heterocycles. The summed E-state index contributed by atoms with van der Waals surface area (Å²) in [5, 5.41) is 0. The van der Waals surface area contributed by atoms with E-state index in [-0.39, 0.29) is 17.6 Å². The van der Waals surface area contributed by atoms with E-state index in [4.69, 9.17) is 4.18 Å². The van der Waals surface area contributed by atoms with Crippen molar-refractivity contribution >= 4 is 16.0 Å². The van der Waals surface area contributed by atoms with Crippen LogP contribution in [0.1, 0.15) is 50.7 Å². The summed E-state index contributed by atoms with van der Waals surface area (Å²) < 4.78 is 27.4. The van der Waals surface area contributed by atoms with Gasteiger partial charge in [-0.3, -0.25) is 4.79 Å². The Kier molecular flexibility index (Phi) is 8.70. The average molecular weight is 418 g/mol. The third-order valence-electron chi connectivity index (χ3n) is 4.82. The van der Waals surface area contributed by atoms with E-state index in [2.05, 4.69) is 13.8 Å². The molecule has 158 valence electrons. The summed E-state index contributed by atoms with van der Waals surface area (Å²) in [6, 6.07) is 16.8. The van der Waals surface area contributed by atoms with Crippen molar-refractivity contribution in [3.8, 4) is 5.75 Å². The Labute approximate surface area is 174 Å². The van der Waals surface area contributed by atoms with Crippen LogP contribution in [0, 0.1) is 5.92 Å². The van der Waals surface area contributed by atoms with Gasteiger partial charge in [-0.2, -0.15) is 8.42 Å². The fourth-order valence-electron chi connectivity index (χ4n) is 3.27. The molecule has 0 aliphatic rings. The minimum atomic E-state index is -3.56. The Hall–Kier alpha value is -2.34. The van der Waals surface area contributed by atoms with Gasteiger partial charge in [0.1, 0.15) is 5.75 Å². The maximum Gasteiger partial charge on any atom is 0.306 e. The first kappa shape index (κ1) is 22.9. The molecule has 0 unspecified atom stereocenters. The van der Waals surface area contributed by atoms with E-state index < -0.39 is 10.1 Å². The van der Waals surface area contributed by atoms with Gasteiger partial charge in [0, 0.05) is 19.0 Å². The van der Waals surface area contributed by atoms with Gasteiger partial charge >= 0.3 is 10.1 Å². The van der Waals surface area contributed by atoms with E-state index in [1.54, 1.807) is 24.3 Å². The minimum Gasteiger partial charge on any atom is -0.383 e. The maximum atomic E-state index is 13.3. The summed E-state index contributed by atoms with van der Waals surface area (Å²) in [7, 11) is -3.56. The van der Waals surface area contributed by atoms with Gasteiger partial charge in [0.2, 0.25) is 5.91 Å². The lowest BCUT2D eigenvalue weighted by molar-refractivity contribution is -0.137. The molecule has 0 N–H and O–H groups in total. The third-order valence-corrected chi connectivity index (χ3v) is 5.32. The Bertz CT molecular complexity index is 864. The summed E-state index contributed by atoms with van der Waals surface area (Å²) in [4.78, 5) is 15.2. The molecule has 0 fully saturated rings. The fraction of sp³-hybridized carbons (Fsp3) is 0.435. The van der Waals surface area contributed by atoms with E-state index in [1.165, 1.54) is 0 Å². The SMILES string of the molecule is CCCC[C@H](CC)C(=O)N(Cc1ccccc1)Cc1ccc(OS(C)(=O)=O)cc1. The molecule has 5 nitrogen and oxygen atoms in total. The molecule has 2 aromatic carbocycles. The van der Waals surface area contributed by atoms with Gasteiger partial charge in [-0.15, -0.1) is 0 Å². The quantitative estimate of drug-likeness (QED) is 0.494. The van der Waals surface area contributed by atoms with Crippen LogP contribution < -0.4 is 4.18 Å². The van der Waals surface area contributed by atoms with Crippen molar-refractivity contribution in [1.29, 1.82) is 0 Å². The maximum absolute atomic E-state index is 13.3. The zero-order chi connectivity index (χ0) is 21.3. The standard InChI is InChI=1S/C23H31NO4S/c1-4-6-12-21(5-2)23(25)24(17-19-10-8-7-9-11-19)18-20-13-15-22(16-14-20)28-29(3,26)27/h7-11,13-16,21H,4-6,12,17-18H2,1-3H3/t21-/m0/s1. The molecule has 0 aliphatic carbocycles. The molecule has 0 aromatic heterocycles. The molecule has 6 heteroatoms. The third kappa shape index (κ3) is 7.89. The van der Waals surface area contributed by atoms with Crippen LogP contribution in [0.2, 0.25) is 0 Å². The van der Waals surface area contributed by atoms with Gasteiger partial charge in [0.05, 0.1) is 6.26 Å². The second-order valence-electron chi connectivity index (χ2n) is 7.36. The lowest BCUT2D eigenvalue weighted by atomic mass is 9.97. The van der Waals surface area contributed by atoms with Crippen molar-refractivity contribution in [2.45, 2.75) is 52.6 Å².